The zero-order chi connectivity index (χ0) is 20.9. The molecule has 3 aliphatic heterocycles. The molecule has 160 valence electrons. The fraction of sp³-hybridized carbons (Fsp3) is 0.625. The minimum absolute atomic E-state index is 0.154. The van der Waals surface area contributed by atoms with E-state index < -0.39 is 0 Å². The number of fused-ring (bicyclic) bond motifs is 3. The number of nitrogens with zero attached hydrogens (tertiary/aromatic N) is 3. The first kappa shape index (κ1) is 19.7. The molecule has 1 unspecified atom stereocenters. The lowest BCUT2D eigenvalue weighted by Crippen LogP contribution is -3.20. The monoisotopic (exact) mass is 408 g/mol. The lowest BCUT2D eigenvalue weighted by molar-refractivity contribution is -0.945. The molecule has 4 atom stereocenters. The van der Waals surface area contributed by atoms with Gasteiger partial charge in [0.2, 0.25) is 5.91 Å². The van der Waals surface area contributed by atoms with Crippen LogP contribution < -0.4 is 10.2 Å². The van der Waals surface area contributed by atoms with Gasteiger partial charge < -0.3 is 10.2 Å². The summed E-state index contributed by atoms with van der Waals surface area (Å²) in [7, 11) is 0. The summed E-state index contributed by atoms with van der Waals surface area (Å²) in [4.78, 5) is 14.2. The fourth-order valence-corrected chi connectivity index (χ4v) is 5.24. The van der Waals surface area contributed by atoms with Gasteiger partial charge >= 0.3 is 0 Å². The standard InChI is InChI=1S/C24H33N5O/c1-24(2,3)18-6-4-16(5-7-18)22-15-29(27-26-22)13-20-12-17-10-11-28(20)14-21(17)23(30)25-19-8-9-19/h4-7,15,17,19-21H,8-14H2,1-3H3,(H,25,30)/p+1/t17-,20+,21-/m0/s1. The summed E-state index contributed by atoms with van der Waals surface area (Å²) in [5.41, 5.74) is 3.53. The van der Waals surface area contributed by atoms with Crippen molar-refractivity contribution in [1.82, 2.24) is 20.3 Å². The summed E-state index contributed by atoms with van der Waals surface area (Å²) in [6, 6.07) is 9.68. The summed E-state index contributed by atoms with van der Waals surface area (Å²) in [6.07, 6.45) is 6.70. The average molecular weight is 409 g/mol. The van der Waals surface area contributed by atoms with Gasteiger partial charge in [-0.05, 0) is 29.7 Å². The van der Waals surface area contributed by atoms with Crippen LogP contribution in [-0.4, -0.2) is 46.1 Å². The zero-order valence-electron chi connectivity index (χ0n) is 18.4. The summed E-state index contributed by atoms with van der Waals surface area (Å²) >= 11 is 0. The zero-order valence-corrected chi connectivity index (χ0v) is 18.4. The molecule has 1 aliphatic carbocycles. The maximum absolute atomic E-state index is 12.6. The summed E-state index contributed by atoms with van der Waals surface area (Å²) < 4.78 is 2.00. The second-order valence-corrected chi connectivity index (χ2v) is 10.6. The van der Waals surface area contributed by atoms with Crippen LogP contribution in [0.4, 0.5) is 0 Å². The SMILES string of the molecule is CC(C)(C)c1ccc(-c2cn(C[C@H]3C[C@@H]4CC[NH+]3C[C@@H]4C(=O)NC3CC3)nn2)cc1. The van der Waals surface area contributed by atoms with Gasteiger partial charge in [0.15, 0.2) is 0 Å². The molecule has 2 aromatic rings. The number of piperidine rings is 3. The summed E-state index contributed by atoms with van der Waals surface area (Å²) in [5.74, 6) is 1.04. The van der Waals surface area contributed by atoms with Gasteiger partial charge in [-0.25, -0.2) is 4.68 Å². The highest BCUT2D eigenvalue weighted by Crippen LogP contribution is 2.29. The smallest absolute Gasteiger partial charge is 0.229 e. The van der Waals surface area contributed by atoms with Gasteiger partial charge in [0.1, 0.15) is 11.7 Å². The predicted molar refractivity (Wildman–Crippen MR) is 116 cm³/mol. The molecule has 3 saturated heterocycles. The number of hydrogen-bond donors (Lipinski definition) is 2. The number of aromatic nitrogens is 3. The van der Waals surface area contributed by atoms with Crippen molar-refractivity contribution < 1.29 is 9.69 Å². The molecule has 4 heterocycles. The number of carbonyl (C=O) groups is 1. The van der Waals surface area contributed by atoms with Crippen molar-refractivity contribution in [2.45, 2.75) is 70.5 Å². The van der Waals surface area contributed by atoms with Crippen molar-refractivity contribution in [3.8, 4) is 11.3 Å². The van der Waals surface area contributed by atoms with Crippen LogP contribution in [0.15, 0.2) is 30.5 Å². The van der Waals surface area contributed by atoms with E-state index in [1.165, 1.54) is 18.5 Å². The first-order chi connectivity index (χ1) is 14.4. The molecule has 6 rings (SSSR count). The predicted octanol–water partition coefficient (Wildman–Crippen LogP) is 1.81. The highest BCUT2D eigenvalue weighted by atomic mass is 16.2. The van der Waals surface area contributed by atoms with Crippen LogP contribution in [0.3, 0.4) is 0 Å². The van der Waals surface area contributed by atoms with Crippen molar-refractivity contribution in [1.29, 1.82) is 0 Å². The number of nitrogens with one attached hydrogen (secondary N) is 2. The van der Waals surface area contributed by atoms with Gasteiger partial charge in [0.25, 0.3) is 0 Å². The molecule has 6 heteroatoms. The molecule has 2 N–H and O–H groups in total. The molecular formula is C24H34N5O+. The fourth-order valence-electron chi connectivity index (χ4n) is 5.24. The van der Waals surface area contributed by atoms with E-state index in [2.05, 4.69) is 66.9 Å². The van der Waals surface area contributed by atoms with E-state index in [1.807, 2.05) is 4.68 Å². The molecule has 2 bridgehead atoms. The number of rotatable bonds is 5. The molecule has 1 aromatic carbocycles. The Kier molecular flexibility index (Phi) is 4.92. The Morgan fingerprint density at radius 1 is 1.20 bits per heavy atom. The molecule has 1 aromatic heterocycles. The van der Waals surface area contributed by atoms with E-state index in [-0.39, 0.29) is 11.3 Å². The van der Waals surface area contributed by atoms with Crippen LogP contribution in [0.2, 0.25) is 0 Å². The van der Waals surface area contributed by atoms with E-state index >= 15 is 0 Å². The molecule has 0 spiro atoms. The van der Waals surface area contributed by atoms with Gasteiger partial charge in [-0.3, -0.25) is 4.79 Å². The van der Waals surface area contributed by atoms with E-state index in [4.69, 9.17) is 0 Å². The molecule has 1 saturated carbocycles. The van der Waals surface area contributed by atoms with Crippen molar-refractivity contribution in [3.05, 3.63) is 36.0 Å². The number of benzene rings is 1. The van der Waals surface area contributed by atoms with Crippen LogP contribution in [0, 0.1) is 11.8 Å². The Morgan fingerprint density at radius 2 is 1.97 bits per heavy atom. The number of hydrogen-bond acceptors (Lipinski definition) is 3. The number of carbonyl (C=O) groups excluding carboxylic acids is 1. The maximum Gasteiger partial charge on any atom is 0.229 e. The van der Waals surface area contributed by atoms with Crippen LogP contribution in [-0.2, 0) is 16.8 Å². The molecule has 4 fully saturated rings. The largest absolute Gasteiger partial charge is 0.353 e. The van der Waals surface area contributed by atoms with E-state index in [0.29, 0.717) is 23.9 Å². The molecule has 30 heavy (non-hydrogen) atoms. The van der Waals surface area contributed by atoms with Crippen molar-refractivity contribution in [3.63, 3.8) is 0 Å². The first-order valence-electron chi connectivity index (χ1n) is 11.5. The third kappa shape index (κ3) is 4.02. The van der Waals surface area contributed by atoms with Gasteiger partial charge in [0, 0.05) is 24.4 Å². The molecule has 1 amide bonds. The van der Waals surface area contributed by atoms with Crippen molar-refractivity contribution >= 4 is 5.91 Å². The lowest BCUT2D eigenvalue weighted by Gasteiger charge is -2.46. The van der Waals surface area contributed by atoms with Crippen molar-refractivity contribution in [2.24, 2.45) is 11.8 Å². The third-order valence-corrected chi connectivity index (χ3v) is 7.31. The Labute approximate surface area is 179 Å². The summed E-state index contributed by atoms with van der Waals surface area (Å²) in [6.45, 7) is 9.73. The Balaban J connectivity index is 1.22. The Hall–Kier alpha value is -2.21. The molecular weight excluding hydrogens is 374 g/mol. The average Bonchev–Trinajstić information content (AvgIpc) is 3.42. The molecule has 0 radical (unpaired) electrons. The van der Waals surface area contributed by atoms with Gasteiger partial charge in [-0.1, -0.05) is 50.3 Å². The normalized spacial score (nSPS) is 28.5. The molecule has 6 nitrogen and oxygen atoms in total. The molecule has 4 aliphatic rings. The topological polar surface area (TPSA) is 64.2 Å². The van der Waals surface area contributed by atoms with Gasteiger partial charge in [-0.2, -0.15) is 0 Å². The van der Waals surface area contributed by atoms with E-state index in [9.17, 15) is 4.79 Å². The lowest BCUT2D eigenvalue weighted by atomic mass is 9.75. The van der Waals surface area contributed by atoms with Crippen molar-refractivity contribution in [2.75, 3.05) is 13.1 Å². The second-order valence-electron chi connectivity index (χ2n) is 10.6. The van der Waals surface area contributed by atoms with E-state index in [1.54, 1.807) is 4.90 Å². The van der Waals surface area contributed by atoms with Gasteiger partial charge in [0.05, 0.1) is 31.7 Å². The summed E-state index contributed by atoms with van der Waals surface area (Å²) in [5, 5.41) is 12.1. The quantitative estimate of drug-likeness (QED) is 0.793. The first-order valence-corrected chi connectivity index (χ1v) is 11.5. The minimum atomic E-state index is 0.154. The Morgan fingerprint density at radius 3 is 2.60 bits per heavy atom. The Bertz CT molecular complexity index is 908. The van der Waals surface area contributed by atoms with Crippen LogP contribution >= 0.6 is 0 Å². The number of quaternary nitrogens is 1. The van der Waals surface area contributed by atoms with E-state index in [0.717, 1.165) is 43.6 Å². The maximum atomic E-state index is 12.6. The minimum Gasteiger partial charge on any atom is -0.353 e. The van der Waals surface area contributed by atoms with Crippen LogP contribution in [0.1, 0.15) is 52.0 Å². The van der Waals surface area contributed by atoms with Crippen LogP contribution in [0.25, 0.3) is 11.3 Å². The second kappa shape index (κ2) is 7.49. The third-order valence-electron chi connectivity index (χ3n) is 7.31. The number of amides is 1. The highest BCUT2D eigenvalue weighted by molar-refractivity contribution is 5.79. The highest BCUT2D eigenvalue weighted by Gasteiger charge is 2.47. The van der Waals surface area contributed by atoms with Crippen LogP contribution in [0.5, 0.6) is 0 Å². The van der Waals surface area contributed by atoms with Gasteiger partial charge in [-0.15, -0.1) is 5.10 Å².